The zero-order chi connectivity index (χ0) is 15.5. The molecule has 1 aromatic heterocycles. The highest BCUT2D eigenvalue weighted by molar-refractivity contribution is 7.09. The number of amides is 1. The molecule has 0 atom stereocenters. The molecule has 116 valence electrons. The Bertz CT molecular complexity index is 661. The van der Waals surface area contributed by atoms with E-state index in [-0.39, 0.29) is 5.91 Å². The first kappa shape index (κ1) is 15.2. The fourth-order valence-corrected chi connectivity index (χ4v) is 3.33. The van der Waals surface area contributed by atoms with Gasteiger partial charge in [-0.1, -0.05) is 29.8 Å². The Balaban J connectivity index is 1.60. The highest BCUT2D eigenvalue weighted by Gasteiger charge is 2.32. The molecule has 3 nitrogen and oxygen atoms in total. The average Bonchev–Trinajstić information content (AvgIpc) is 3.25. The summed E-state index contributed by atoms with van der Waals surface area (Å²) in [4.78, 5) is 19.1. The molecule has 4 heteroatoms. The van der Waals surface area contributed by atoms with Crippen LogP contribution in [0.2, 0.25) is 0 Å². The number of hydrogen-bond acceptors (Lipinski definition) is 3. The molecule has 1 heterocycles. The van der Waals surface area contributed by atoms with Crippen LogP contribution in [0.25, 0.3) is 0 Å². The van der Waals surface area contributed by atoms with E-state index in [0.717, 1.165) is 30.0 Å². The van der Waals surface area contributed by atoms with Crippen LogP contribution in [0.15, 0.2) is 29.6 Å². The second kappa shape index (κ2) is 6.61. The van der Waals surface area contributed by atoms with Crippen molar-refractivity contribution in [2.45, 2.75) is 52.1 Å². The molecule has 0 spiro atoms. The van der Waals surface area contributed by atoms with Gasteiger partial charge in [0.1, 0.15) is 0 Å². The molecule has 1 aliphatic rings. The number of carbonyl (C=O) groups excluding carboxylic acids is 1. The molecule has 2 aromatic rings. The van der Waals surface area contributed by atoms with Crippen LogP contribution in [0, 0.1) is 13.8 Å². The molecule has 0 aliphatic heterocycles. The van der Waals surface area contributed by atoms with Gasteiger partial charge in [0, 0.05) is 17.8 Å². The van der Waals surface area contributed by atoms with Crippen molar-refractivity contribution in [3.05, 3.63) is 51.5 Å². The summed E-state index contributed by atoms with van der Waals surface area (Å²) in [5, 5.41) is 3.14. The minimum atomic E-state index is 0.259. The van der Waals surface area contributed by atoms with E-state index in [9.17, 15) is 4.79 Å². The zero-order valence-corrected chi connectivity index (χ0v) is 14.0. The van der Waals surface area contributed by atoms with Crippen molar-refractivity contribution >= 4 is 17.2 Å². The van der Waals surface area contributed by atoms with E-state index in [1.54, 1.807) is 11.3 Å². The number of carbonyl (C=O) groups is 1. The van der Waals surface area contributed by atoms with Gasteiger partial charge < -0.3 is 4.90 Å². The average molecular weight is 314 g/mol. The van der Waals surface area contributed by atoms with E-state index in [1.165, 1.54) is 11.1 Å². The molecule has 0 N–H and O–H groups in total. The first-order valence-electron chi connectivity index (χ1n) is 7.88. The molecule has 0 radical (unpaired) electrons. The lowest BCUT2D eigenvalue weighted by atomic mass is 10.1. The van der Waals surface area contributed by atoms with Gasteiger partial charge in [-0.3, -0.25) is 4.79 Å². The molecule has 22 heavy (non-hydrogen) atoms. The van der Waals surface area contributed by atoms with Gasteiger partial charge in [-0.25, -0.2) is 4.98 Å². The van der Waals surface area contributed by atoms with Crippen LogP contribution in [0.5, 0.6) is 0 Å². The monoisotopic (exact) mass is 314 g/mol. The lowest BCUT2D eigenvalue weighted by Gasteiger charge is -2.21. The maximum atomic E-state index is 12.6. The Labute approximate surface area is 136 Å². The molecule has 0 saturated heterocycles. The number of benzene rings is 1. The zero-order valence-electron chi connectivity index (χ0n) is 13.2. The first-order valence-corrected chi connectivity index (χ1v) is 8.76. The minimum Gasteiger partial charge on any atom is -0.334 e. The van der Waals surface area contributed by atoms with Crippen molar-refractivity contribution in [3.8, 4) is 0 Å². The second-order valence-corrected chi connectivity index (χ2v) is 7.16. The number of aromatic nitrogens is 1. The molecule has 0 bridgehead atoms. The van der Waals surface area contributed by atoms with Crippen LogP contribution in [0.1, 0.15) is 41.1 Å². The van der Waals surface area contributed by atoms with Gasteiger partial charge in [0.05, 0.1) is 17.2 Å². The summed E-state index contributed by atoms with van der Waals surface area (Å²) in [5.41, 5.74) is 3.52. The Morgan fingerprint density at radius 1 is 1.36 bits per heavy atom. The quantitative estimate of drug-likeness (QED) is 0.810. The van der Waals surface area contributed by atoms with E-state index in [2.05, 4.69) is 41.6 Å². The van der Waals surface area contributed by atoms with Gasteiger partial charge in [-0.15, -0.1) is 11.3 Å². The van der Waals surface area contributed by atoms with E-state index >= 15 is 0 Å². The van der Waals surface area contributed by atoms with Gasteiger partial charge in [0.2, 0.25) is 5.91 Å². The summed E-state index contributed by atoms with van der Waals surface area (Å²) in [5.74, 6) is 0.259. The molecule has 1 aliphatic carbocycles. The Hall–Kier alpha value is -1.68. The van der Waals surface area contributed by atoms with Crippen LogP contribution < -0.4 is 0 Å². The van der Waals surface area contributed by atoms with Crippen molar-refractivity contribution in [1.29, 1.82) is 0 Å². The third-order valence-corrected chi connectivity index (χ3v) is 4.84. The smallest absolute Gasteiger partial charge is 0.223 e. The fraction of sp³-hybridized carbons (Fsp3) is 0.444. The fourth-order valence-electron chi connectivity index (χ4n) is 2.73. The number of rotatable bonds is 6. The van der Waals surface area contributed by atoms with E-state index < -0.39 is 0 Å². The Kier molecular flexibility index (Phi) is 4.57. The molecule has 1 saturated carbocycles. The number of nitrogens with zero attached hydrogens (tertiary/aromatic N) is 2. The van der Waals surface area contributed by atoms with Gasteiger partial charge in [0.25, 0.3) is 0 Å². The van der Waals surface area contributed by atoms with Crippen molar-refractivity contribution in [2.75, 3.05) is 0 Å². The molecule has 0 unspecified atom stereocenters. The van der Waals surface area contributed by atoms with E-state index in [1.807, 2.05) is 11.8 Å². The Morgan fingerprint density at radius 2 is 2.18 bits per heavy atom. The standard InChI is InChI=1S/C18H22N2OS/c1-13-4-3-5-15(10-13)6-9-18(21)20(17-7-8-17)11-16-12-22-14(2)19-16/h3-5,10,12,17H,6-9,11H2,1-2H3. The molecule has 1 amide bonds. The lowest BCUT2D eigenvalue weighted by Crippen LogP contribution is -2.32. The highest BCUT2D eigenvalue weighted by atomic mass is 32.1. The third kappa shape index (κ3) is 3.95. The molecular formula is C18H22N2OS. The first-order chi connectivity index (χ1) is 10.6. The predicted molar refractivity (Wildman–Crippen MR) is 89.9 cm³/mol. The van der Waals surface area contributed by atoms with E-state index in [4.69, 9.17) is 0 Å². The van der Waals surface area contributed by atoms with Crippen LogP contribution in [0.4, 0.5) is 0 Å². The van der Waals surface area contributed by atoms with Crippen molar-refractivity contribution in [1.82, 2.24) is 9.88 Å². The normalized spacial score (nSPS) is 14.1. The summed E-state index contributed by atoms with van der Waals surface area (Å²) in [6.07, 6.45) is 3.68. The summed E-state index contributed by atoms with van der Waals surface area (Å²) >= 11 is 1.65. The maximum absolute atomic E-state index is 12.6. The number of hydrogen-bond donors (Lipinski definition) is 0. The van der Waals surface area contributed by atoms with Crippen LogP contribution in [-0.2, 0) is 17.8 Å². The molecular weight excluding hydrogens is 292 g/mol. The summed E-state index contributed by atoms with van der Waals surface area (Å²) in [6.45, 7) is 4.77. The summed E-state index contributed by atoms with van der Waals surface area (Å²) < 4.78 is 0. The van der Waals surface area contributed by atoms with Crippen LogP contribution in [-0.4, -0.2) is 21.8 Å². The van der Waals surface area contributed by atoms with Crippen LogP contribution >= 0.6 is 11.3 Å². The second-order valence-electron chi connectivity index (χ2n) is 6.10. The van der Waals surface area contributed by atoms with Crippen molar-refractivity contribution < 1.29 is 4.79 Å². The van der Waals surface area contributed by atoms with Crippen LogP contribution in [0.3, 0.4) is 0 Å². The van der Waals surface area contributed by atoms with E-state index in [0.29, 0.717) is 19.0 Å². The SMILES string of the molecule is Cc1cccc(CCC(=O)N(Cc2csc(C)n2)C2CC2)c1. The van der Waals surface area contributed by atoms with Crippen molar-refractivity contribution in [2.24, 2.45) is 0 Å². The summed E-state index contributed by atoms with van der Waals surface area (Å²) in [6, 6.07) is 8.86. The lowest BCUT2D eigenvalue weighted by molar-refractivity contribution is -0.132. The topological polar surface area (TPSA) is 33.2 Å². The number of thiazole rings is 1. The number of aryl methyl sites for hydroxylation is 3. The van der Waals surface area contributed by atoms with Gasteiger partial charge in [-0.2, -0.15) is 0 Å². The van der Waals surface area contributed by atoms with Gasteiger partial charge in [-0.05, 0) is 38.7 Å². The highest BCUT2D eigenvalue weighted by Crippen LogP contribution is 2.29. The molecule has 1 aromatic carbocycles. The van der Waals surface area contributed by atoms with Gasteiger partial charge in [0.15, 0.2) is 0 Å². The third-order valence-electron chi connectivity index (χ3n) is 4.02. The minimum absolute atomic E-state index is 0.259. The molecule has 1 fully saturated rings. The predicted octanol–water partition coefficient (Wildman–Crippen LogP) is 3.88. The Morgan fingerprint density at radius 3 is 2.82 bits per heavy atom. The van der Waals surface area contributed by atoms with Crippen molar-refractivity contribution in [3.63, 3.8) is 0 Å². The summed E-state index contributed by atoms with van der Waals surface area (Å²) in [7, 11) is 0. The maximum Gasteiger partial charge on any atom is 0.223 e. The molecule has 3 rings (SSSR count). The largest absolute Gasteiger partial charge is 0.334 e. The van der Waals surface area contributed by atoms with Gasteiger partial charge >= 0.3 is 0 Å².